The zero-order valence-corrected chi connectivity index (χ0v) is 10.4. The Kier molecular flexibility index (Phi) is 2.93. The molecular weight excluding hydrogens is 208 g/mol. The average molecular weight is 230 g/mol. The minimum absolute atomic E-state index is 0.638. The standard InChI is InChI=1S/C15H22N2/c16-10-14-8-15(9-14)6-7-17(12-15)11-13-4-2-1-3-5-13/h1-5,14H,6-12,16H2. The topological polar surface area (TPSA) is 29.3 Å². The van der Waals surface area contributed by atoms with Crippen LogP contribution in [0.3, 0.4) is 0 Å². The Hall–Kier alpha value is -0.860. The summed E-state index contributed by atoms with van der Waals surface area (Å²) in [4.78, 5) is 2.61. The first-order valence-electron chi connectivity index (χ1n) is 6.76. The number of hydrogen-bond donors (Lipinski definition) is 1. The Morgan fingerprint density at radius 1 is 1.24 bits per heavy atom. The van der Waals surface area contributed by atoms with Gasteiger partial charge in [0.2, 0.25) is 0 Å². The summed E-state index contributed by atoms with van der Waals surface area (Å²) in [7, 11) is 0. The van der Waals surface area contributed by atoms with Gasteiger partial charge in [-0.15, -0.1) is 0 Å². The van der Waals surface area contributed by atoms with Crippen molar-refractivity contribution in [2.45, 2.75) is 25.8 Å². The van der Waals surface area contributed by atoms with Crippen molar-refractivity contribution in [3.8, 4) is 0 Å². The van der Waals surface area contributed by atoms with Crippen LogP contribution in [0.1, 0.15) is 24.8 Å². The quantitative estimate of drug-likeness (QED) is 0.863. The maximum atomic E-state index is 5.73. The third kappa shape index (κ3) is 2.24. The van der Waals surface area contributed by atoms with E-state index in [1.807, 2.05) is 0 Å². The average Bonchev–Trinajstić information content (AvgIpc) is 2.72. The minimum atomic E-state index is 0.638. The highest BCUT2D eigenvalue weighted by Gasteiger charge is 2.47. The second-order valence-electron chi connectivity index (χ2n) is 5.96. The molecule has 1 spiro atoms. The zero-order valence-electron chi connectivity index (χ0n) is 10.4. The molecule has 2 fully saturated rings. The number of nitrogens with two attached hydrogens (primary N) is 1. The highest BCUT2D eigenvalue weighted by Crippen LogP contribution is 2.51. The molecule has 2 nitrogen and oxygen atoms in total. The first-order valence-corrected chi connectivity index (χ1v) is 6.76. The van der Waals surface area contributed by atoms with Crippen molar-refractivity contribution in [3.05, 3.63) is 35.9 Å². The molecule has 0 unspecified atom stereocenters. The molecule has 1 aliphatic heterocycles. The lowest BCUT2D eigenvalue weighted by Gasteiger charge is -2.45. The van der Waals surface area contributed by atoms with Gasteiger partial charge in [0.1, 0.15) is 0 Å². The van der Waals surface area contributed by atoms with Crippen molar-refractivity contribution in [1.29, 1.82) is 0 Å². The molecule has 1 aromatic rings. The van der Waals surface area contributed by atoms with Crippen molar-refractivity contribution < 1.29 is 0 Å². The van der Waals surface area contributed by atoms with Crippen molar-refractivity contribution in [2.75, 3.05) is 19.6 Å². The third-order valence-electron chi connectivity index (χ3n) is 4.54. The van der Waals surface area contributed by atoms with Crippen LogP contribution in [-0.2, 0) is 6.54 Å². The largest absolute Gasteiger partial charge is 0.330 e. The van der Waals surface area contributed by atoms with Crippen molar-refractivity contribution in [1.82, 2.24) is 4.90 Å². The van der Waals surface area contributed by atoms with E-state index < -0.39 is 0 Å². The van der Waals surface area contributed by atoms with Crippen LogP contribution in [0.5, 0.6) is 0 Å². The lowest BCUT2D eigenvalue weighted by atomic mass is 9.61. The van der Waals surface area contributed by atoms with E-state index in [2.05, 4.69) is 35.2 Å². The van der Waals surface area contributed by atoms with E-state index in [4.69, 9.17) is 5.73 Å². The summed E-state index contributed by atoms with van der Waals surface area (Å²) in [5, 5.41) is 0. The van der Waals surface area contributed by atoms with Gasteiger partial charge in [-0.1, -0.05) is 30.3 Å². The molecule has 0 atom stereocenters. The molecule has 0 amide bonds. The molecule has 0 aromatic heterocycles. The summed E-state index contributed by atoms with van der Waals surface area (Å²) < 4.78 is 0. The fraction of sp³-hybridized carbons (Fsp3) is 0.600. The van der Waals surface area contributed by atoms with Gasteiger partial charge >= 0.3 is 0 Å². The lowest BCUT2D eigenvalue weighted by Crippen LogP contribution is -2.42. The van der Waals surface area contributed by atoms with E-state index in [1.54, 1.807) is 0 Å². The molecule has 1 saturated heterocycles. The Bertz CT molecular complexity index is 368. The van der Waals surface area contributed by atoms with E-state index in [0.717, 1.165) is 19.0 Å². The van der Waals surface area contributed by atoms with Gasteiger partial charge in [-0.25, -0.2) is 0 Å². The summed E-state index contributed by atoms with van der Waals surface area (Å²) >= 11 is 0. The molecule has 3 rings (SSSR count). The van der Waals surface area contributed by atoms with Gasteiger partial charge in [-0.2, -0.15) is 0 Å². The summed E-state index contributed by atoms with van der Waals surface area (Å²) in [5.74, 6) is 0.812. The molecule has 0 bridgehead atoms. The van der Waals surface area contributed by atoms with Crippen LogP contribution in [0.15, 0.2) is 30.3 Å². The lowest BCUT2D eigenvalue weighted by molar-refractivity contribution is 0.0676. The van der Waals surface area contributed by atoms with E-state index in [-0.39, 0.29) is 0 Å². The van der Waals surface area contributed by atoms with Gasteiger partial charge in [0.25, 0.3) is 0 Å². The van der Waals surface area contributed by atoms with E-state index in [0.29, 0.717) is 5.41 Å². The molecule has 0 radical (unpaired) electrons. The van der Waals surface area contributed by atoms with Crippen LogP contribution >= 0.6 is 0 Å². The Morgan fingerprint density at radius 3 is 2.71 bits per heavy atom. The Labute approximate surface area is 104 Å². The van der Waals surface area contributed by atoms with Crippen LogP contribution in [-0.4, -0.2) is 24.5 Å². The Balaban J connectivity index is 1.55. The van der Waals surface area contributed by atoms with Gasteiger partial charge in [-0.3, -0.25) is 4.90 Å². The molecule has 2 aliphatic rings. The second-order valence-corrected chi connectivity index (χ2v) is 5.96. The fourth-order valence-electron chi connectivity index (χ4n) is 3.67. The first-order chi connectivity index (χ1) is 8.30. The number of likely N-dealkylation sites (tertiary alicyclic amines) is 1. The third-order valence-corrected chi connectivity index (χ3v) is 4.54. The fourth-order valence-corrected chi connectivity index (χ4v) is 3.67. The van der Waals surface area contributed by atoms with Crippen LogP contribution in [0.25, 0.3) is 0 Å². The van der Waals surface area contributed by atoms with Gasteiger partial charge in [0.15, 0.2) is 0 Å². The molecule has 2 heteroatoms. The number of benzene rings is 1. The number of hydrogen-bond acceptors (Lipinski definition) is 2. The summed E-state index contributed by atoms with van der Waals surface area (Å²) in [6.45, 7) is 4.57. The normalized spacial score (nSPS) is 32.9. The predicted molar refractivity (Wildman–Crippen MR) is 70.5 cm³/mol. The van der Waals surface area contributed by atoms with Gasteiger partial charge in [-0.05, 0) is 49.2 Å². The van der Waals surface area contributed by atoms with Crippen LogP contribution < -0.4 is 5.73 Å². The highest BCUT2D eigenvalue weighted by atomic mass is 15.2. The maximum absolute atomic E-state index is 5.73. The zero-order chi connectivity index (χ0) is 11.7. The van der Waals surface area contributed by atoms with Crippen LogP contribution in [0, 0.1) is 11.3 Å². The highest BCUT2D eigenvalue weighted by molar-refractivity contribution is 5.15. The summed E-state index contributed by atoms with van der Waals surface area (Å²) in [5.41, 5.74) is 7.81. The molecule has 92 valence electrons. The summed E-state index contributed by atoms with van der Waals surface area (Å²) in [6, 6.07) is 10.8. The summed E-state index contributed by atoms with van der Waals surface area (Å²) in [6.07, 6.45) is 4.12. The molecular formula is C15H22N2. The number of nitrogens with zero attached hydrogens (tertiary/aromatic N) is 1. The second kappa shape index (κ2) is 4.43. The predicted octanol–water partition coefficient (Wildman–Crippen LogP) is 2.25. The van der Waals surface area contributed by atoms with E-state index in [9.17, 15) is 0 Å². The number of rotatable bonds is 3. The van der Waals surface area contributed by atoms with E-state index >= 15 is 0 Å². The van der Waals surface area contributed by atoms with Gasteiger partial charge < -0.3 is 5.73 Å². The van der Waals surface area contributed by atoms with Gasteiger partial charge in [0, 0.05) is 13.1 Å². The molecule has 1 heterocycles. The SMILES string of the molecule is NCC1CC2(CCN(Cc3ccccc3)C2)C1. The van der Waals surface area contributed by atoms with E-state index in [1.165, 1.54) is 37.9 Å². The van der Waals surface area contributed by atoms with Crippen LogP contribution in [0.2, 0.25) is 0 Å². The van der Waals surface area contributed by atoms with Crippen LogP contribution in [0.4, 0.5) is 0 Å². The smallest absolute Gasteiger partial charge is 0.0233 e. The molecule has 1 aromatic carbocycles. The van der Waals surface area contributed by atoms with Crippen molar-refractivity contribution >= 4 is 0 Å². The maximum Gasteiger partial charge on any atom is 0.0233 e. The minimum Gasteiger partial charge on any atom is -0.330 e. The van der Waals surface area contributed by atoms with Gasteiger partial charge in [0.05, 0.1) is 0 Å². The van der Waals surface area contributed by atoms with Crippen molar-refractivity contribution in [2.24, 2.45) is 17.1 Å². The Morgan fingerprint density at radius 2 is 2.00 bits per heavy atom. The monoisotopic (exact) mass is 230 g/mol. The molecule has 2 N–H and O–H groups in total. The first kappa shape index (κ1) is 11.2. The molecule has 1 saturated carbocycles. The molecule has 1 aliphatic carbocycles. The molecule has 17 heavy (non-hydrogen) atoms. The van der Waals surface area contributed by atoms with Crippen molar-refractivity contribution in [3.63, 3.8) is 0 Å².